The number of furan rings is 1. The molecule has 0 saturated carbocycles. The molecule has 1 atom stereocenters. The number of carbonyl (C=O) groups is 1. The summed E-state index contributed by atoms with van der Waals surface area (Å²) in [5, 5.41) is 0.736. The average Bonchev–Trinajstić information content (AvgIpc) is 3.43. The number of rotatable bonds is 9. The van der Waals surface area contributed by atoms with Crippen LogP contribution in [-0.4, -0.2) is 56.1 Å². The Morgan fingerprint density at radius 2 is 1.86 bits per heavy atom. The van der Waals surface area contributed by atoms with Gasteiger partial charge in [-0.15, -0.1) is 0 Å². The quantitative estimate of drug-likeness (QED) is 0.389. The second-order valence-corrected chi connectivity index (χ2v) is 9.45. The Bertz CT molecular complexity index is 1110. The number of nitrogens with zero attached hydrogens (tertiary/aromatic N) is 2. The Kier molecular flexibility index (Phi) is 8.37. The maximum Gasteiger partial charge on any atom is 0.289 e. The van der Waals surface area contributed by atoms with Gasteiger partial charge >= 0.3 is 0 Å². The molecule has 0 radical (unpaired) electrons. The fourth-order valence-electron chi connectivity index (χ4n) is 4.95. The van der Waals surface area contributed by atoms with E-state index >= 15 is 0 Å². The molecule has 4 rings (SSSR count). The molecule has 1 aliphatic rings. The number of halogens is 1. The number of likely N-dealkylation sites (tertiary alicyclic amines) is 1. The molecular weight excluding hydrogens is 464 g/mol. The van der Waals surface area contributed by atoms with E-state index in [-0.39, 0.29) is 11.9 Å². The molecule has 186 valence electrons. The summed E-state index contributed by atoms with van der Waals surface area (Å²) < 4.78 is 16.3. The van der Waals surface area contributed by atoms with Crippen LogP contribution in [0.5, 0.6) is 11.5 Å². The molecule has 7 heteroatoms. The van der Waals surface area contributed by atoms with Crippen molar-refractivity contribution in [3.63, 3.8) is 0 Å². The zero-order valence-electron chi connectivity index (χ0n) is 20.6. The predicted molar refractivity (Wildman–Crippen MR) is 137 cm³/mol. The van der Waals surface area contributed by atoms with Crippen molar-refractivity contribution in [3.05, 3.63) is 82.8 Å². The van der Waals surface area contributed by atoms with Gasteiger partial charge in [0.25, 0.3) is 5.91 Å². The summed E-state index contributed by atoms with van der Waals surface area (Å²) in [6.45, 7) is 2.71. The van der Waals surface area contributed by atoms with E-state index in [1.54, 1.807) is 26.4 Å². The zero-order valence-corrected chi connectivity index (χ0v) is 21.3. The maximum atomic E-state index is 13.2. The molecule has 1 aliphatic heterocycles. The van der Waals surface area contributed by atoms with Gasteiger partial charge in [0.15, 0.2) is 5.76 Å². The van der Waals surface area contributed by atoms with E-state index in [9.17, 15) is 4.79 Å². The monoisotopic (exact) mass is 496 g/mol. The molecule has 2 heterocycles. The first-order valence-electron chi connectivity index (χ1n) is 12.0. The first-order valence-corrected chi connectivity index (χ1v) is 12.3. The lowest BCUT2D eigenvalue weighted by molar-refractivity contribution is 0.0555. The van der Waals surface area contributed by atoms with Gasteiger partial charge in [-0.3, -0.25) is 9.69 Å². The van der Waals surface area contributed by atoms with Gasteiger partial charge in [-0.2, -0.15) is 0 Å². The molecule has 0 N–H and O–H groups in total. The van der Waals surface area contributed by atoms with Crippen LogP contribution < -0.4 is 9.47 Å². The van der Waals surface area contributed by atoms with Crippen molar-refractivity contribution in [2.75, 3.05) is 34.4 Å². The minimum absolute atomic E-state index is 0.0187. The highest BCUT2D eigenvalue weighted by atomic mass is 35.5. The summed E-state index contributed by atoms with van der Waals surface area (Å²) in [5.74, 6) is 2.24. The summed E-state index contributed by atoms with van der Waals surface area (Å²) in [5.41, 5.74) is 2.20. The average molecular weight is 497 g/mol. The van der Waals surface area contributed by atoms with Gasteiger partial charge in [0.05, 0.1) is 20.5 Å². The van der Waals surface area contributed by atoms with Crippen LogP contribution in [0.2, 0.25) is 5.02 Å². The van der Waals surface area contributed by atoms with E-state index in [1.807, 2.05) is 48.3 Å². The van der Waals surface area contributed by atoms with Crippen LogP contribution >= 0.6 is 11.6 Å². The molecule has 1 amide bonds. The van der Waals surface area contributed by atoms with Gasteiger partial charge in [-0.1, -0.05) is 35.9 Å². The van der Waals surface area contributed by atoms with Crippen LogP contribution in [0.25, 0.3) is 0 Å². The van der Waals surface area contributed by atoms with E-state index in [0.717, 1.165) is 60.1 Å². The largest absolute Gasteiger partial charge is 0.497 e. The van der Waals surface area contributed by atoms with E-state index in [4.69, 9.17) is 25.5 Å². The smallest absolute Gasteiger partial charge is 0.289 e. The number of carbonyl (C=O) groups excluding carboxylic acids is 1. The van der Waals surface area contributed by atoms with Gasteiger partial charge in [0.2, 0.25) is 0 Å². The third kappa shape index (κ3) is 6.00. The highest BCUT2D eigenvalue weighted by Crippen LogP contribution is 2.31. The second kappa shape index (κ2) is 11.6. The van der Waals surface area contributed by atoms with Gasteiger partial charge in [0.1, 0.15) is 11.5 Å². The first-order chi connectivity index (χ1) is 17.0. The lowest BCUT2D eigenvalue weighted by Gasteiger charge is -2.40. The molecule has 1 aromatic heterocycles. The number of likely N-dealkylation sites (N-methyl/N-ethyl adjacent to an activating group) is 1. The maximum absolute atomic E-state index is 13.2. The number of hydrogen-bond acceptors (Lipinski definition) is 5. The summed E-state index contributed by atoms with van der Waals surface area (Å²) in [6.07, 6.45) is 4.22. The molecule has 0 unspecified atom stereocenters. The predicted octanol–water partition coefficient (Wildman–Crippen LogP) is 5.55. The third-order valence-electron chi connectivity index (χ3n) is 7.00. The van der Waals surface area contributed by atoms with E-state index in [1.165, 1.54) is 6.26 Å². The van der Waals surface area contributed by atoms with Gasteiger partial charge in [-0.05, 0) is 68.1 Å². The van der Waals surface area contributed by atoms with Crippen molar-refractivity contribution < 1.29 is 18.7 Å². The van der Waals surface area contributed by atoms with Crippen molar-refractivity contribution in [1.29, 1.82) is 0 Å². The summed E-state index contributed by atoms with van der Waals surface area (Å²) in [7, 11) is 5.22. The molecule has 35 heavy (non-hydrogen) atoms. The molecule has 0 bridgehead atoms. The van der Waals surface area contributed by atoms with Gasteiger partial charge in [0, 0.05) is 36.3 Å². The number of hydrogen-bond donors (Lipinski definition) is 0. The fourth-order valence-corrected chi connectivity index (χ4v) is 5.17. The SMILES string of the molecule is COc1ccc(CN2CCC([C@H](Cc3ccccc3Cl)N(C)C(=O)c3ccco3)CC2)c(OC)c1. The summed E-state index contributed by atoms with van der Waals surface area (Å²) in [4.78, 5) is 17.4. The van der Waals surface area contributed by atoms with Crippen LogP contribution in [0, 0.1) is 5.92 Å². The Morgan fingerprint density at radius 1 is 1.09 bits per heavy atom. The van der Waals surface area contributed by atoms with Gasteiger partial charge in [-0.25, -0.2) is 0 Å². The number of benzene rings is 2. The summed E-state index contributed by atoms with van der Waals surface area (Å²) >= 11 is 6.50. The second-order valence-electron chi connectivity index (χ2n) is 9.05. The minimum atomic E-state index is -0.0996. The van der Waals surface area contributed by atoms with E-state index in [0.29, 0.717) is 18.1 Å². The number of methoxy groups -OCH3 is 2. The number of amides is 1. The standard InChI is InChI=1S/C28H33ClN2O4/c1-30(28(32)26-9-6-16-35-26)25(17-21-7-4-5-8-24(21)29)20-12-14-31(15-13-20)19-22-10-11-23(33-2)18-27(22)34-3/h4-11,16,18,20,25H,12-15,17,19H2,1-3H3/t25-/m0/s1. The lowest BCUT2D eigenvalue weighted by atomic mass is 9.84. The Hall–Kier alpha value is -2.96. The topological polar surface area (TPSA) is 55.2 Å². The molecule has 3 aromatic rings. The first kappa shape index (κ1) is 25.1. The van der Waals surface area contributed by atoms with Crippen LogP contribution in [0.3, 0.4) is 0 Å². The highest BCUT2D eigenvalue weighted by Gasteiger charge is 2.33. The van der Waals surface area contributed by atoms with E-state index in [2.05, 4.69) is 11.0 Å². The Morgan fingerprint density at radius 3 is 2.51 bits per heavy atom. The van der Waals surface area contributed by atoms with Crippen molar-refractivity contribution >= 4 is 17.5 Å². The van der Waals surface area contributed by atoms with Crippen LogP contribution in [0.15, 0.2) is 65.3 Å². The molecule has 6 nitrogen and oxygen atoms in total. The highest BCUT2D eigenvalue weighted by molar-refractivity contribution is 6.31. The fraction of sp³-hybridized carbons (Fsp3) is 0.393. The van der Waals surface area contributed by atoms with Crippen molar-refractivity contribution in [2.24, 2.45) is 5.92 Å². The number of ether oxygens (including phenoxy) is 2. The number of piperidine rings is 1. The molecule has 0 spiro atoms. The third-order valence-corrected chi connectivity index (χ3v) is 7.37. The zero-order chi connectivity index (χ0) is 24.8. The molecule has 1 saturated heterocycles. The molecule has 1 fully saturated rings. The van der Waals surface area contributed by atoms with Crippen molar-refractivity contribution in [1.82, 2.24) is 9.80 Å². The lowest BCUT2D eigenvalue weighted by Crippen LogP contribution is -2.47. The minimum Gasteiger partial charge on any atom is -0.497 e. The normalized spacial score (nSPS) is 15.5. The van der Waals surface area contributed by atoms with Crippen molar-refractivity contribution in [3.8, 4) is 11.5 Å². The van der Waals surface area contributed by atoms with Crippen LogP contribution in [0.4, 0.5) is 0 Å². The van der Waals surface area contributed by atoms with E-state index < -0.39 is 0 Å². The molecule has 0 aliphatic carbocycles. The Balaban J connectivity index is 1.47. The van der Waals surface area contributed by atoms with Crippen LogP contribution in [0.1, 0.15) is 34.5 Å². The Labute approximate surface area is 212 Å². The van der Waals surface area contributed by atoms with Crippen LogP contribution in [-0.2, 0) is 13.0 Å². The van der Waals surface area contributed by atoms with Crippen molar-refractivity contribution in [2.45, 2.75) is 31.8 Å². The molecular formula is C28H33ClN2O4. The van der Waals surface area contributed by atoms with Gasteiger partial charge < -0.3 is 18.8 Å². The molecule has 2 aromatic carbocycles. The summed E-state index contributed by atoms with van der Waals surface area (Å²) in [6, 6.07) is 17.3.